The molecular weight excluding hydrogens is 350 g/mol. The number of hydrogen-bond acceptors (Lipinski definition) is 2. The number of anilines is 1. The Hall–Kier alpha value is -1.17. The first kappa shape index (κ1) is 15.2. The van der Waals surface area contributed by atoms with Crippen LogP contribution in [0, 0.1) is 11.6 Å². The molecule has 1 atom stereocenters. The van der Waals surface area contributed by atoms with Crippen LogP contribution in [-0.2, 0) is 0 Å². The Labute approximate surface area is 129 Å². The molecule has 0 aliphatic heterocycles. The van der Waals surface area contributed by atoms with Crippen LogP contribution < -0.4 is 11.1 Å². The van der Waals surface area contributed by atoms with E-state index >= 15 is 0 Å². The lowest BCUT2D eigenvalue weighted by molar-refractivity contribution is 0.593. The molecule has 2 aromatic rings. The van der Waals surface area contributed by atoms with Gasteiger partial charge in [0.15, 0.2) is 0 Å². The molecule has 0 amide bonds. The van der Waals surface area contributed by atoms with Crippen molar-refractivity contribution in [2.24, 2.45) is 5.73 Å². The third kappa shape index (κ3) is 3.29. The van der Waals surface area contributed by atoms with Gasteiger partial charge in [-0.05, 0) is 40.2 Å². The van der Waals surface area contributed by atoms with Crippen LogP contribution in [0.2, 0.25) is 5.02 Å². The van der Waals surface area contributed by atoms with Gasteiger partial charge in [-0.1, -0.05) is 23.7 Å². The molecule has 3 N–H and O–H groups in total. The highest BCUT2D eigenvalue weighted by atomic mass is 79.9. The Morgan fingerprint density at radius 3 is 2.65 bits per heavy atom. The quantitative estimate of drug-likeness (QED) is 0.842. The second-order valence-electron chi connectivity index (χ2n) is 4.20. The number of hydrogen-bond donors (Lipinski definition) is 2. The van der Waals surface area contributed by atoms with Crippen LogP contribution in [0.4, 0.5) is 14.5 Å². The van der Waals surface area contributed by atoms with E-state index < -0.39 is 11.9 Å². The predicted octanol–water partition coefficient (Wildman–Crippen LogP) is 4.49. The Morgan fingerprint density at radius 2 is 2.00 bits per heavy atom. The van der Waals surface area contributed by atoms with Crippen LogP contribution >= 0.6 is 27.5 Å². The van der Waals surface area contributed by atoms with Gasteiger partial charge in [0.1, 0.15) is 11.6 Å². The number of nitrogens with two attached hydrogens (primary N) is 1. The van der Waals surface area contributed by atoms with Crippen LogP contribution in [0.3, 0.4) is 0 Å². The van der Waals surface area contributed by atoms with Gasteiger partial charge in [0, 0.05) is 17.8 Å². The highest BCUT2D eigenvalue weighted by Crippen LogP contribution is 2.27. The van der Waals surface area contributed by atoms with Crippen molar-refractivity contribution in [3.63, 3.8) is 0 Å². The van der Waals surface area contributed by atoms with Crippen molar-refractivity contribution < 1.29 is 8.78 Å². The molecule has 0 saturated heterocycles. The summed E-state index contributed by atoms with van der Waals surface area (Å²) in [5.41, 5.74) is 6.69. The largest absolute Gasteiger partial charge is 0.377 e. The van der Waals surface area contributed by atoms with Gasteiger partial charge in [-0.25, -0.2) is 8.78 Å². The van der Waals surface area contributed by atoms with Gasteiger partial charge in [0.05, 0.1) is 15.5 Å². The summed E-state index contributed by atoms with van der Waals surface area (Å²) in [4.78, 5) is 0. The normalized spacial score (nSPS) is 12.2. The van der Waals surface area contributed by atoms with Crippen molar-refractivity contribution in [1.29, 1.82) is 0 Å². The van der Waals surface area contributed by atoms with Crippen LogP contribution in [0.25, 0.3) is 0 Å². The first-order valence-corrected chi connectivity index (χ1v) is 7.05. The Kier molecular flexibility index (Phi) is 4.96. The summed E-state index contributed by atoms with van der Waals surface area (Å²) >= 11 is 8.86. The lowest BCUT2D eigenvalue weighted by Crippen LogP contribution is -2.21. The third-order valence-corrected chi connectivity index (χ3v) is 3.75. The van der Waals surface area contributed by atoms with Crippen LogP contribution in [-0.4, -0.2) is 6.54 Å². The fourth-order valence-electron chi connectivity index (χ4n) is 1.84. The molecule has 106 valence electrons. The number of benzene rings is 2. The number of nitrogens with one attached hydrogen (secondary N) is 1. The minimum atomic E-state index is -0.502. The van der Waals surface area contributed by atoms with Gasteiger partial charge < -0.3 is 11.1 Å². The minimum Gasteiger partial charge on any atom is -0.377 e. The zero-order valence-corrected chi connectivity index (χ0v) is 12.7. The SMILES string of the molecule is NCC(Nc1ccc(F)c(Br)c1)c1cccc(Cl)c1F. The van der Waals surface area contributed by atoms with Crippen molar-refractivity contribution in [2.75, 3.05) is 11.9 Å². The van der Waals surface area contributed by atoms with E-state index in [4.69, 9.17) is 17.3 Å². The summed E-state index contributed by atoms with van der Waals surface area (Å²) in [6, 6.07) is 8.74. The van der Waals surface area contributed by atoms with Crippen molar-refractivity contribution in [1.82, 2.24) is 0 Å². The lowest BCUT2D eigenvalue weighted by Gasteiger charge is -2.20. The molecular formula is C14H12BrClF2N2. The van der Waals surface area contributed by atoms with Crippen LogP contribution in [0.5, 0.6) is 0 Å². The van der Waals surface area contributed by atoms with Gasteiger partial charge in [-0.3, -0.25) is 0 Å². The van der Waals surface area contributed by atoms with Gasteiger partial charge in [0.25, 0.3) is 0 Å². The molecule has 0 spiro atoms. The molecule has 2 rings (SSSR count). The summed E-state index contributed by atoms with van der Waals surface area (Å²) in [7, 11) is 0. The van der Waals surface area contributed by atoms with E-state index in [1.165, 1.54) is 12.1 Å². The maximum atomic E-state index is 14.0. The van der Waals surface area contributed by atoms with Gasteiger partial charge >= 0.3 is 0 Å². The lowest BCUT2D eigenvalue weighted by atomic mass is 10.1. The van der Waals surface area contributed by atoms with E-state index in [-0.39, 0.29) is 17.4 Å². The van der Waals surface area contributed by atoms with E-state index in [1.807, 2.05) is 0 Å². The molecule has 0 fully saturated rings. The third-order valence-electron chi connectivity index (χ3n) is 2.85. The number of rotatable bonds is 4. The fraction of sp³-hybridized carbons (Fsp3) is 0.143. The fourth-order valence-corrected chi connectivity index (χ4v) is 2.40. The van der Waals surface area contributed by atoms with E-state index in [0.29, 0.717) is 15.7 Å². The van der Waals surface area contributed by atoms with Crippen LogP contribution in [0.15, 0.2) is 40.9 Å². The van der Waals surface area contributed by atoms with E-state index in [2.05, 4.69) is 21.2 Å². The highest BCUT2D eigenvalue weighted by Gasteiger charge is 2.16. The summed E-state index contributed by atoms with van der Waals surface area (Å²) in [5, 5.41) is 3.11. The van der Waals surface area contributed by atoms with Gasteiger partial charge in [-0.15, -0.1) is 0 Å². The maximum absolute atomic E-state index is 14.0. The van der Waals surface area contributed by atoms with Crippen molar-refractivity contribution in [3.8, 4) is 0 Å². The second kappa shape index (κ2) is 6.52. The van der Waals surface area contributed by atoms with Crippen LogP contribution in [0.1, 0.15) is 11.6 Å². The zero-order chi connectivity index (χ0) is 14.7. The van der Waals surface area contributed by atoms with Crippen molar-refractivity contribution in [3.05, 3.63) is 63.1 Å². The summed E-state index contributed by atoms with van der Waals surface area (Å²) in [6.07, 6.45) is 0. The topological polar surface area (TPSA) is 38.0 Å². The average molecular weight is 362 g/mol. The van der Waals surface area contributed by atoms with Gasteiger partial charge in [-0.2, -0.15) is 0 Å². The molecule has 0 radical (unpaired) electrons. The Morgan fingerprint density at radius 1 is 1.25 bits per heavy atom. The molecule has 2 nitrogen and oxygen atoms in total. The predicted molar refractivity (Wildman–Crippen MR) is 80.9 cm³/mol. The van der Waals surface area contributed by atoms with Crippen molar-refractivity contribution in [2.45, 2.75) is 6.04 Å². The standard InChI is InChI=1S/C14H12BrClF2N2/c15-10-6-8(4-5-12(10)17)20-13(7-19)9-2-1-3-11(16)14(9)18/h1-6,13,20H,7,19H2. The Bertz CT molecular complexity index is 622. The molecule has 0 aromatic heterocycles. The molecule has 0 bridgehead atoms. The minimum absolute atomic E-state index is 0.0445. The second-order valence-corrected chi connectivity index (χ2v) is 5.47. The molecule has 0 aliphatic carbocycles. The van der Waals surface area contributed by atoms with E-state index in [9.17, 15) is 8.78 Å². The monoisotopic (exact) mass is 360 g/mol. The maximum Gasteiger partial charge on any atom is 0.147 e. The first-order valence-electron chi connectivity index (χ1n) is 5.88. The van der Waals surface area contributed by atoms with E-state index in [1.54, 1.807) is 24.3 Å². The highest BCUT2D eigenvalue weighted by molar-refractivity contribution is 9.10. The van der Waals surface area contributed by atoms with Gasteiger partial charge in [0.2, 0.25) is 0 Å². The van der Waals surface area contributed by atoms with E-state index in [0.717, 1.165) is 0 Å². The van der Waals surface area contributed by atoms with Crippen molar-refractivity contribution >= 4 is 33.2 Å². The molecule has 0 heterocycles. The molecule has 2 aromatic carbocycles. The zero-order valence-electron chi connectivity index (χ0n) is 10.3. The molecule has 6 heteroatoms. The average Bonchev–Trinajstić information content (AvgIpc) is 2.43. The smallest absolute Gasteiger partial charge is 0.147 e. The molecule has 0 saturated carbocycles. The summed E-state index contributed by atoms with van der Waals surface area (Å²) < 4.78 is 27.5. The number of halogens is 4. The molecule has 1 unspecified atom stereocenters. The first-order chi connectivity index (χ1) is 9.52. The molecule has 20 heavy (non-hydrogen) atoms. The molecule has 0 aliphatic rings. The summed E-state index contributed by atoms with van der Waals surface area (Å²) in [6.45, 7) is 0.173. The Balaban J connectivity index is 2.28. The summed E-state index contributed by atoms with van der Waals surface area (Å²) in [5.74, 6) is -0.868.